The molecule has 4 aromatic rings. The Hall–Kier alpha value is -3.66. The van der Waals surface area contributed by atoms with Gasteiger partial charge in [-0.1, -0.05) is 12.1 Å². The van der Waals surface area contributed by atoms with Gasteiger partial charge in [0.25, 0.3) is 0 Å². The largest absolute Gasteiger partial charge is 0.460 e. The van der Waals surface area contributed by atoms with Gasteiger partial charge in [-0.25, -0.2) is 9.37 Å². The van der Waals surface area contributed by atoms with Gasteiger partial charge >= 0.3 is 6.18 Å². The molecule has 2 heterocycles. The van der Waals surface area contributed by atoms with Gasteiger partial charge in [-0.15, -0.1) is 0 Å². The van der Waals surface area contributed by atoms with Crippen LogP contribution in [0.2, 0.25) is 0 Å². The molecule has 0 radical (unpaired) electrons. The Labute approximate surface area is 218 Å². The highest BCUT2D eigenvalue weighted by atomic mass is 19.4. The Morgan fingerprint density at radius 3 is 2.42 bits per heavy atom. The molecule has 2 aromatic heterocycles. The third-order valence-corrected chi connectivity index (χ3v) is 6.85. The van der Waals surface area contributed by atoms with E-state index in [4.69, 9.17) is 14.4 Å². The first kappa shape index (κ1) is 26.0. The molecule has 0 unspecified atom stereocenters. The second kappa shape index (κ2) is 10.6. The van der Waals surface area contributed by atoms with E-state index in [1.807, 2.05) is 43.3 Å². The number of anilines is 2. The SMILES string of the molecule is CN(C)c1nc(NC2CCC(NCc3ccc(-c4ccc(F)c(C(F)(F)F)c4)o3)CC2)nc2ccccc12. The minimum absolute atomic E-state index is 0.185. The van der Waals surface area contributed by atoms with Crippen molar-refractivity contribution in [2.75, 3.05) is 24.3 Å². The number of para-hydroxylation sites is 1. The number of alkyl halides is 3. The van der Waals surface area contributed by atoms with Crippen molar-refractivity contribution in [3.05, 3.63) is 71.7 Å². The molecule has 2 aromatic carbocycles. The zero-order valence-corrected chi connectivity index (χ0v) is 21.1. The van der Waals surface area contributed by atoms with Gasteiger partial charge in [0.05, 0.1) is 17.6 Å². The molecule has 38 heavy (non-hydrogen) atoms. The van der Waals surface area contributed by atoms with Gasteiger partial charge in [0, 0.05) is 37.1 Å². The maximum atomic E-state index is 13.6. The molecule has 0 aliphatic heterocycles. The lowest BCUT2D eigenvalue weighted by Gasteiger charge is -2.30. The summed E-state index contributed by atoms with van der Waals surface area (Å²) in [5.74, 6) is 1.08. The summed E-state index contributed by atoms with van der Waals surface area (Å²) in [5, 5.41) is 7.99. The number of aromatic nitrogens is 2. The standard InChI is InChI=1S/C28H29F4N5O/c1-37(2)26-21-5-3-4-6-24(21)35-27(36-26)34-19-10-8-18(9-11-19)33-16-20-12-14-25(38-20)17-7-13-23(29)22(15-17)28(30,31)32/h3-7,12-15,18-19,33H,8-11,16H2,1-2H3,(H,34,35,36). The minimum atomic E-state index is -4.76. The van der Waals surface area contributed by atoms with E-state index < -0.39 is 17.6 Å². The number of hydrogen-bond acceptors (Lipinski definition) is 6. The average molecular weight is 528 g/mol. The molecule has 0 bridgehead atoms. The number of nitrogens with zero attached hydrogens (tertiary/aromatic N) is 3. The second-order valence-electron chi connectivity index (χ2n) is 9.81. The van der Waals surface area contributed by atoms with Crippen LogP contribution in [0.5, 0.6) is 0 Å². The first-order valence-electron chi connectivity index (χ1n) is 12.6. The van der Waals surface area contributed by atoms with E-state index in [9.17, 15) is 17.6 Å². The van der Waals surface area contributed by atoms with Crippen LogP contribution in [0.1, 0.15) is 37.0 Å². The van der Waals surface area contributed by atoms with Crippen molar-refractivity contribution in [2.45, 2.75) is 50.5 Å². The topological polar surface area (TPSA) is 66.2 Å². The Kier molecular flexibility index (Phi) is 7.25. The van der Waals surface area contributed by atoms with Crippen molar-refractivity contribution < 1.29 is 22.0 Å². The Morgan fingerprint density at radius 1 is 0.947 bits per heavy atom. The average Bonchev–Trinajstić information content (AvgIpc) is 3.36. The van der Waals surface area contributed by atoms with Crippen molar-refractivity contribution in [3.63, 3.8) is 0 Å². The lowest BCUT2D eigenvalue weighted by molar-refractivity contribution is -0.139. The Balaban J connectivity index is 1.15. The van der Waals surface area contributed by atoms with E-state index in [0.29, 0.717) is 24.3 Å². The Morgan fingerprint density at radius 2 is 1.68 bits per heavy atom. The molecule has 1 saturated carbocycles. The number of fused-ring (bicyclic) bond motifs is 1. The number of furan rings is 1. The lowest BCUT2D eigenvalue weighted by Crippen LogP contribution is -2.36. The first-order chi connectivity index (χ1) is 18.2. The number of hydrogen-bond donors (Lipinski definition) is 2. The minimum Gasteiger partial charge on any atom is -0.460 e. The van der Waals surface area contributed by atoms with E-state index in [2.05, 4.69) is 10.6 Å². The molecule has 1 fully saturated rings. The highest BCUT2D eigenvalue weighted by Gasteiger charge is 2.34. The molecule has 0 atom stereocenters. The molecule has 6 nitrogen and oxygen atoms in total. The van der Waals surface area contributed by atoms with Crippen LogP contribution in [-0.2, 0) is 12.7 Å². The zero-order chi connectivity index (χ0) is 26.9. The summed E-state index contributed by atoms with van der Waals surface area (Å²) in [7, 11) is 3.94. The monoisotopic (exact) mass is 527 g/mol. The molecule has 200 valence electrons. The molecule has 0 spiro atoms. The van der Waals surface area contributed by atoms with Gasteiger partial charge in [-0.05, 0) is 68.1 Å². The Bertz CT molecular complexity index is 1410. The fourth-order valence-electron chi connectivity index (χ4n) is 4.86. The van der Waals surface area contributed by atoms with Gasteiger partial charge in [0.2, 0.25) is 5.95 Å². The predicted octanol–water partition coefficient (Wildman–Crippen LogP) is 6.63. The zero-order valence-electron chi connectivity index (χ0n) is 21.1. The highest BCUT2D eigenvalue weighted by Crippen LogP contribution is 2.35. The predicted molar refractivity (Wildman–Crippen MR) is 139 cm³/mol. The van der Waals surface area contributed by atoms with E-state index in [0.717, 1.165) is 54.5 Å². The summed E-state index contributed by atoms with van der Waals surface area (Å²) in [5.41, 5.74) is -0.217. The molecule has 10 heteroatoms. The molecular weight excluding hydrogens is 498 g/mol. The number of benzene rings is 2. The van der Waals surface area contributed by atoms with Crippen LogP contribution in [0.15, 0.2) is 59.0 Å². The number of halogens is 4. The highest BCUT2D eigenvalue weighted by molar-refractivity contribution is 5.90. The van der Waals surface area contributed by atoms with Crippen molar-refractivity contribution in [2.24, 2.45) is 0 Å². The summed E-state index contributed by atoms with van der Waals surface area (Å²) in [6.45, 7) is 0.454. The van der Waals surface area contributed by atoms with Crippen LogP contribution in [0.3, 0.4) is 0 Å². The molecule has 0 amide bonds. The number of nitrogens with one attached hydrogen (secondary N) is 2. The van der Waals surface area contributed by atoms with Crippen LogP contribution < -0.4 is 15.5 Å². The molecule has 1 aliphatic rings. The van der Waals surface area contributed by atoms with Gasteiger partial charge in [0.15, 0.2) is 0 Å². The van der Waals surface area contributed by atoms with Crippen molar-refractivity contribution in [1.29, 1.82) is 0 Å². The van der Waals surface area contributed by atoms with E-state index in [-0.39, 0.29) is 17.4 Å². The van der Waals surface area contributed by atoms with Gasteiger partial charge in [-0.3, -0.25) is 0 Å². The smallest absolute Gasteiger partial charge is 0.419 e. The van der Waals surface area contributed by atoms with Crippen molar-refractivity contribution in [1.82, 2.24) is 15.3 Å². The fourth-order valence-corrected chi connectivity index (χ4v) is 4.86. The quantitative estimate of drug-likeness (QED) is 0.263. The van der Waals surface area contributed by atoms with Gasteiger partial charge in [0.1, 0.15) is 23.2 Å². The summed E-state index contributed by atoms with van der Waals surface area (Å²) in [6, 6.07) is 14.7. The second-order valence-corrected chi connectivity index (χ2v) is 9.81. The van der Waals surface area contributed by atoms with Gasteiger partial charge < -0.3 is 20.0 Å². The van der Waals surface area contributed by atoms with Crippen LogP contribution in [0, 0.1) is 5.82 Å². The van der Waals surface area contributed by atoms with Crippen LogP contribution in [0.25, 0.3) is 22.2 Å². The van der Waals surface area contributed by atoms with E-state index in [1.165, 1.54) is 6.07 Å². The van der Waals surface area contributed by atoms with Crippen LogP contribution in [0.4, 0.5) is 29.3 Å². The summed E-state index contributed by atoms with van der Waals surface area (Å²) in [6.07, 6.45) is -0.965. The molecule has 1 aliphatic carbocycles. The summed E-state index contributed by atoms with van der Waals surface area (Å²) >= 11 is 0. The van der Waals surface area contributed by atoms with Gasteiger partial charge in [-0.2, -0.15) is 18.2 Å². The van der Waals surface area contributed by atoms with Crippen LogP contribution >= 0.6 is 0 Å². The number of rotatable bonds is 7. The third-order valence-electron chi connectivity index (χ3n) is 6.85. The first-order valence-corrected chi connectivity index (χ1v) is 12.6. The normalized spacial score (nSPS) is 18.1. The van der Waals surface area contributed by atoms with E-state index in [1.54, 1.807) is 12.1 Å². The van der Waals surface area contributed by atoms with E-state index >= 15 is 0 Å². The molecule has 0 saturated heterocycles. The third kappa shape index (κ3) is 5.75. The molecular formula is C28H29F4N5O. The fraction of sp³-hybridized carbons (Fsp3) is 0.357. The maximum Gasteiger partial charge on any atom is 0.419 e. The summed E-state index contributed by atoms with van der Waals surface area (Å²) < 4.78 is 58.5. The molecule has 2 N–H and O–H groups in total. The van der Waals surface area contributed by atoms with Crippen molar-refractivity contribution in [3.8, 4) is 11.3 Å². The summed E-state index contributed by atoms with van der Waals surface area (Å²) in [4.78, 5) is 11.4. The molecule has 5 rings (SSSR count). The maximum absolute atomic E-state index is 13.6. The van der Waals surface area contributed by atoms with Crippen LogP contribution in [-0.4, -0.2) is 36.1 Å². The lowest BCUT2D eigenvalue weighted by atomic mass is 9.91. The van der Waals surface area contributed by atoms with Crippen molar-refractivity contribution >= 4 is 22.7 Å².